The summed E-state index contributed by atoms with van der Waals surface area (Å²) in [6.07, 6.45) is -2.86. The topological polar surface area (TPSA) is 69.6 Å². The van der Waals surface area contributed by atoms with Crippen LogP contribution in [0.1, 0.15) is 0 Å². The molecule has 1 rings (SSSR count). The van der Waals surface area contributed by atoms with E-state index in [1.807, 2.05) is 0 Å². The largest absolute Gasteiger partial charge is 0.480 e. The number of halogens is 1. The summed E-state index contributed by atoms with van der Waals surface area (Å²) in [4.78, 5) is 10.1. The highest BCUT2D eigenvalue weighted by Gasteiger charge is 2.39. The summed E-state index contributed by atoms with van der Waals surface area (Å²) in [5.41, 5.74) is 0. The number of carboxylic acid groups (broad SMARTS) is 1. The summed E-state index contributed by atoms with van der Waals surface area (Å²) in [6.45, 7) is 0.0120. The third-order valence-electron chi connectivity index (χ3n) is 1.50. The molecule has 0 aromatic rings. The van der Waals surface area contributed by atoms with E-state index in [0.29, 0.717) is 0 Å². The van der Waals surface area contributed by atoms with Crippen LogP contribution in [0.2, 0.25) is 0 Å². The Bertz CT molecular complexity index is 152. The first kappa shape index (κ1) is 7.43. The third kappa shape index (κ3) is 1.10. The first-order chi connectivity index (χ1) is 4.63. The van der Waals surface area contributed by atoms with E-state index in [1.54, 1.807) is 0 Å². The van der Waals surface area contributed by atoms with Crippen molar-refractivity contribution in [1.82, 2.24) is 5.32 Å². The Hall–Kier alpha value is -0.680. The lowest BCUT2D eigenvalue weighted by Crippen LogP contribution is -2.37. The number of carboxylic acids is 1. The summed E-state index contributed by atoms with van der Waals surface area (Å²) >= 11 is 0. The number of aliphatic hydroxyl groups is 1. The normalized spacial score (nSPS) is 40.0. The first-order valence-electron chi connectivity index (χ1n) is 2.91. The van der Waals surface area contributed by atoms with Crippen molar-refractivity contribution >= 4 is 5.97 Å². The number of aliphatic hydroxyl groups excluding tert-OH is 1. The molecular formula is C5H8FNO3. The van der Waals surface area contributed by atoms with Gasteiger partial charge in [-0.3, -0.25) is 10.1 Å². The minimum absolute atomic E-state index is 0.0120. The molecule has 0 bridgehead atoms. The predicted molar refractivity (Wildman–Crippen MR) is 30.3 cm³/mol. The first-order valence-corrected chi connectivity index (χ1v) is 2.91. The Morgan fingerprint density at radius 2 is 2.30 bits per heavy atom. The number of nitrogens with one attached hydrogen (secondary N) is 1. The monoisotopic (exact) mass is 149 g/mol. The SMILES string of the molecule is O=C(O)[C@H]1NC[C@H](O)[C@@H]1F. The van der Waals surface area contributed by atoms with Gasteiger partial charge in [0.2, 0.25) is 0 Å². The summed E-state index contributed by atoms with van der Waals surface area (Å²) in [5, 5.41) is 19.3. The Labute approximate surface area is 56.7 Å². The lowest BCUT2D eigenvalue weighted by Gasteiger charge is -2.07. The molecule has 5 heteroatoms. The molecule has 4 nitrogen and oxygen atoms in total. The molecule has 1 heterocycles. The number of hydrogen-bond donors (Lipinski definition) is 3. The standard InChI is InChI=1S/C5H8FNO3/c6-3-2(8)1-7-4(3)5(9)10/h2-4,7-8H,1H2,(H,9,10)/t2-,3-,4-/m0/s1. The second-order valence-corrected chi connectivity index (χ2v) is 2.24. The van der Waals surface area contributed by atoms with Crippen molar-refractivity contribution in [1.29, 1.82) is 0 Å². The lowest BCUT2D eigenvalue weighted by molar-refractivity contribution is -0.140. The molecule has 3 N–H and O–H groups in total. The highest BCUT2D eigenvalue weighted by atomic mass is 19.1. The number of carbonyl (C=O) groups is 1. The number of alkyl halides is 1. The third-order valence-corrected chi connectivity index (χ3v) is 1.50. The maximum Gasteiger partial charge on any atom is 0.323 e. The van der Waals surface area contributed by atoms with Crippen LogP contribution in [-0.4, -0.2) is 41.0 Å². The van der Waals surface area contributed by atoms with E-state index in [4.69, 9.17) is 10.2 Å². The number of β-amino-alcohol motifs (C(OH)–C–C–N with tert-alkyl or cyclic N) is 1. The Morgan fingerprint density at radius 1 is 1.70 bits per heavy atom. The minimum Gasteiger partial charge on any atom is -0.480 e. The molecule has 0 radical (unpaired) electrons. The van der Waals surface area contributed by atoms with Crippen molar-refractivity contribution in [2.45, 2.75) is 18.3 Å². The van der Waals surface area contributed by atoms with E-state index in [9.17, 15) is 9.18 Å². The van der Waals surface area contributed by atoms with Gasteiger partial charge in [0, 0.05) is 6.54 Å². The van der Waals surface area contributed by atoms with Crippen LogP contribution in [-0.2, 0) is 4.79 Å². The molecule has 1 fully saturated rings. The molecule has 0 aromatic heterocycles. The Balaban J connectivity index is 2.57. The van der Waals surface area contributed by atoms with Crippen molar-refractivity contribution in [3.63, 3.8) is 0 Å². The van der Waals surface area contributed by atoms with Gasteiger partial charge in [-0.05, 0) is 0 Å². The fourth-order valence-electron chi connectivity index (χ4n) is 0.919. The summed E-state index contributed by atoms with van der Waals surface area (Å²) in [5.74, 6) is -1.26. The highest BCUT2D eigenvalue weighted by molar-refractivity contribution is 5.74. The molecule has 0 amide bonds. The van der Waals surface area contributed by atoms with Gasteiger partial charge in [-0.1, -0.05) is 0 Å². The molecule has 0 saturated carbocycles. The average Bonchev–Trinajstić information content (AvgIpc) is 2.14. The second-order valence-electron chi connectivity index (χ2n) is 2.24. The Kier molecular flexibility index (Phi) is 1.87. The van der Waals surface area contributed by atoms with Crippen LogP contribution >= 0.6 is 0 Å². The minimum atomic E-state index is -1.68. The number of rotatable bonds is 1. The van der Waals surface area contributed by atoms with Crippen LogP contribution < -0.4 is 5.32 Å². The fourth-order valence-corrected chi connectivity index (χ4v) is 0.919. The predicted octanol–water partition coefficient (Wildman–Crippen LogP) is -1.26. The zero-order chi connectivity index (χ0) is 7.72. The molecule has 0 unspecified atom stereocenters. The van der Waals surface area contributed by atoms with Gasteiger partial charge < -0.3 is 10.2 Å². The quantitative estimate of drug-likeness (QED) is 0.435. The van der Waals surface area contributed by atoms with Crippen molar-refractivity contribution in [3.8, 4) is 0 Å². The molecule has 1 aliphatic heterocycles. The van der Waals surface area contributed by atoms with Gasteiger partial charge in [-0.15, -0.1) is 0 Å². The van der Waals surface area contributed by atoms with Crippen LogP contribution in [0.15, 0.2) is 0 Å². The molecule has 3 atom stereocenters. The van der Waals surface area contributed by atoms with Crippen molar-refractivity contribution in [2.24, 2.45) is 0 Å². The van der Waals surface area contributed by atoms with Crippen molar-refractivity contribution < 1.29 is 19.4 Å². The van der Waals surface area contributed by atoms with Gasteiger partial charge in [-0.25, -0.2) is 4.39 Å². The maximum absolute atomic E-state index is 12.5. The highest BCUT2D eigenvalue weighted by Crippen LogP contribution is 2.11. The van der Waals surface area contributed by atoms with Crippen LogP contribution in [0.4, 0.5) is 4.39 Å². The van der Waals surface area contributed by atoms with Crippen LogP contribution in [0.3, 0.4) is 0 Å². The molecule has 10 heavy (non-hydrogen) atoms. The van der Waals surface area contributed by atoms with Crippen LogP contribution in [0.5, 0.6) is 0 Å². The van der Waals surface area contributed by atoms with Crippen LogP contribution in [0, 0.1) is 0 Å². The van der Waals surface area contributed by atoms with Crippen LogP contribution in [0.25, 0.3) is 0 Å². The smallest absolute Gasteiger partial charge is 0.323 e. The van der Waals surface area contributed by atoms with Crippen molar-refractivity contribution in [2.75, 3.05) is 6.54 Å². The molecule has 0 aliphatic carbocycles. The van der Waals surface area contributed by atoms with Gasteiger partial charge >= 0.3 is 5.97 Å². The van der Waals surface area contributed by atoms with Gasteiger partial charge in [0.15, 0.2) is 6.17 Å². The molecule has 1 saturated heterocycles. The van der Waals surface area contributed by atoms with E-state index < -0.39 is 24.3 Å². The maximum atomic E-state index is 12.5. The van der Waals surface area contributed by atoms with E-state index in [0.717, 1.165) is 0 Å². The molecule has 0 spiro atoms. The van der Waals surface area contributed by atoms with E-state index in [1.165, 1.54) is 0 Å². The van der Waals surface area contributed by atoms with E-state index in [2.05, 4.69) is 5.32 Å². The fraction of sp³-hybridized carbons (Fsp3) is 0.800. The summed E-state index contributed by atoms with van der Waals surface area (Å²) in [6, 6.07) is -1.24. The molecule has 1 aliphatic rings. The van der Waals surface area contributed by atoms with Gasteiger partial charge in [0.1, 0.15) is 6.04 Å². The van der Waals surface area contributed by atoms with Crippen molar-refractivity contribution in [3.05, 3.63) is 0 Å². The zero-order valence-electron chi connectivity index (χ0n) is 5.12. The summed E-state index contributed by atoms with van der Waals surface area (Å²) in [7, 11) is 0. The number of aliphatic carboxylic acids is 1. The number of hydrogen-bond acceptors (Lipinski definition) is 3. The van der Waals surface area contributed by atoms with E-state index >= 15 is 0 Å². The lowest BCUT2D eigenvalue weighted by atomic mass is 10.2. The average molecular weight is 149 g/mol. The summed E-state index contributed by atoms with van der Waals surface area (Å²) < 4.78 is 12.5. The molecular weight excluding hydrogens is 141 g/mol. The van der Waals surface area contributed by atoms with Gasteiger partial charge in [0.05, 0.1) is 6.10 Å². The zero-order valence-corrected chi connectivity index (χ0v) is 5.12. The Morgan fingerprint density at radius 3 is 2.50 bits per heavy atom. The molecule has 0 aromatic carbocycles. The molecule has 58 valence electrons. The van der Waals surface area contributed by atoms with Gasteiger partial charge in [0.25, 0.3) is 0 Å². The van der Waals surface area contributed by atoms with Gasteiger partial charge in [-0.2, -0.15) is 0 Å². The second kappa shape index (κ2) is 2.51. The van der Waals surface area contributed by atoms with E-state index in [-0.39, 0.29) is 6.54 Å².